The number of benzene rings is 3. The summed E-state index contributed by atoms with van der Waals surface area (Å²) in [5.41, 5.74) is 10.2. The zero-order chi connectivity index (χ0) is 19.6. The van der Waals surface area contributed by atoms with Gasteiger partial charge in [-0.3, -0.25) is 0 Å². The third-order valence-corrected chi connectivity index (χ3v) is 4.17. The molecule has 3 aromatic carbocycles. The minimum Gasteiger partial charge on any atom is -0.495 e. The quantitative estimate of drug-likeness (QED) is 0.454. The van der Waals surface area contributed by atoms with Gasteiger partial charge in [0.15, 0.2) is 5.96 Å². The Morgan fingerprint density at radius 2 is 1.54 bits per heavy atom. The van der Waals surface area contributed by atoms with E-state index in [9.17, 15) is 0 Å². The first-order valence-corrected chi connectivity index (χ1v) is 9.14. The molecule has 0 radical (unpaired) electrons. The molecule has 0 aliphatic rings. The lowest BCUT2D eigenvalue weighted by Crippen LogP contribution is -2.22. The van der Waals surface area contributed by atoms with E-state index in [1.54, 1.807) is 7.11 Å². The SMILES string of the molecule is COc1ccccc1NC(N)=NCc1cccc(COCc2ccccc2)c1. The summed E-state index contributed by atoms with van der Waals surface area (Å²) in [6.07, 6.45) is 0. The number of hydrogen-bond acceptors (Lipinski definition) is 3. The average molecular weight is 375 g/mol. The van der Waals surface area contributed by atoms with Crippen molar-refractivity contribution >= 4 is 11.6 Å². The zero-order valence-electron chi connectivity index (χ0n) is 16.0. The smallest absolute Gasteiger partial charge is 0.193 e. The molecule has 0 aromatic heterocycles. The Morgan fingerprint density at radius 1 is 0.857 bits per heavy atom. The average Bonchev–Trinajstić information content (AvgIpc) is 2.74. The van der Waals surface area contributed by atoms with E-state index < -0.39 is 0 Å². The molecule has 5 heteroatoms. The molecule has 0 saturated carbocycles. The Hall–Kier alpha value is -3.31. The molecule has 0 heterocycles. The predicted octanol–water partition coefficient (Wildman–Crippen LogP) is 4.34. The van der Waals surface area contributed by atoms with Gasteiger partial charge in [-0.05, 0) is 28.8 Å². The molecule has 0 unspecified atom stereocenters. The highest BCUT2D eigenvalue weighted by atomic mass is 16.5. The van der Waals surface area contributed by atoms with Crippen LogP contribution in [0.25, 0.3) is 0 Å². The summed E-state index contributed by atoms with van der Waals surface area (Å²) >= 11 is 0. The number of para-hydroxylation sites is 2. The maximum Gasteiger partial charge on any atom is 0.193 e. The lowest BCUT2D eigenvalue weighted by atomic mass is 10.1. The monoisotopic (exact) mass is 375 g/mol. The van der Waals surface area contributed by atoms with Crippen LogP contribution >= 0.6 is 0 Å². The fraction of sp³-hybridized carbons (Fsp3) is 0.174. The van der Waals surface area contributed by atoms with Crippen LogP contribution in [0.2, 0.25) is 0 Å². The molecule has 0 bridgehead atoms. The summed E-state index contributed by atoms with van der Waals surface area (Å²) in [4.78, 5) is 4.42. The molecule has 3 N–H and O–H groups in total. The Balaban J connectivity index is 1.54. The Bertz CT molecular complexity index is 910. The molecule has 0 aliphatic carbocycles. The summed E-state index contributed by atoms with van der Waals surface area (Å²) in [5.74, 6) is 1.06. The first-order chi connectivity index (χ1) is 13.7. The lowest BCUT2D eigenvalue weighted by Gasteiger charge is -2.10. The van der Waals surface area contributed by atoms with E-state index in [1.807, 2.05) is 54.6 Å². The summed E-state index contributed by atoms with van der Waals surface area (Å²) < 4.78 is 11.1. The van der Waals surface area contributed by atoms with Crippen LogP contribution in [-0.2, 0) is 24.5 Å². The van der Waals surface area contributed by atoms with Crippen molar-refractivity contribution in [3.8, 4) is 5.75 Å². The Morgan fingerprint density at radius 3 is 2.36 bits per heavy atom. The van der Waals surface area contributed by atoms with E-state index >= 15 is 0 Å². The summed E-state index contributed by atoms with van der Waals surface area (Å²) in [7, 11) is 1.62. The number of ether oxygens (including phenoxy) is 2. The normalized spacial score (nSPS) is 11.2. The van der Waals surface area contributed by atoms with Gasteiger partial charge < -0.3 is 20.5 Å². The first kappa shape index (κ1) is 19.5. The van der Waals surface area contributed by atoms with Gasteiger partial charge in [0, 0.05) is 0 Å². The number of hydrogen-bond donors (Lipinski definition) is 2. The van der Waals surface area contributed by atoms with Crippen LogP contribution < -0.4 is 15.8 Å². The summed E-state index contributed by atoms with van der Waals surface area (Å²) in [5, 5.41) is 3.08. The number of anilines is 1. The molecule has 3 aromatic rings. The largest absolute Gasteiger partial charge is 0.495 e. The Kier molecular flexibility index (Phi) is 7.04. The third-order valence-electron chi connectivity index (χ3n) is 4.17. The molecule has 28 heavy (non-hydrogen) atoms. The molecule has 0 aliphatic heterocycles. The number of aliphatic imine (C=N–C) groups is 1. The molecule has 144 valence electrons. The molecule has 3 rings (SSSR count). The van der Waals surface area contributed by atoms with Gasteiger partial charge >= 0.3 is 0 Å². The summed E-state index contributed by atoms with van der Waals surface area (Å²) in [6, 6.07) is 25.9. The standard InChI is InChI=1S/C23H25N3O2/c1-27-22-13-6-5-12-21(22)26-23(24)25-15-19-10-7-11-20(14-19)17-28-16-18-8-3-2-4-9-18/h2-14H,15-17H2,1H3,(H3,24,25,26). The highest BCUT2D eigenvalue weighted by Crippen LogP contribution is 2.22. The van der Waals surface area contributed by atoms with Gasteiger partial charge in [-0.2, -0.15) is 0 Å². The van der Waals surface area contributed by atoms with E-state index in [0.717, 1.165) is 22.6 Å². The van der Waals surface area contributed by atoms with Crippen molar-refractivity contribution in [3.63, 3.8) is 0 Å². The second-order valence-electron chi connectivity index (χ2n) is 6.33. The number of rotatable bonds is 8. The molecule has 0 saturated heterocycles. The lowest BCUT2D eigenvalue weighted by molar-refractivity contribution is 0.107. The number of guanidine groups is 1. The molecule has 0 amide bonds. The van der Waals surface area contributed by atoms with Gasteiger partial charge in [0.1, 0.15) is 5.75 Å². The number of nitrogens with zero attached hydrogens (tertiary/aromatic N) is 1. The highest BCUT2D eigenvalue weighted by molar-refractivity contribution is 5.93. The van der Waals surface area contributed by atoms with Gasteiger partial charge in [0.2, 0.25) is 0 Å². The molecule has 0 fully saturated rings. The van der Waals surface area contributed by atoms with E-state index in [-0.39, 0.29) is 0 Å². The topological polar surface area (TPSA) is 68.9 Å². The maximum atomic E-state index is 6.02. The van der Waals surface area contributed by atoms with Crippen LogP contribution in [0.15, 0.2) is 83.9 Å². The van der Waals surface area contributed by atoms with Crippen molar-refractivity contribution in [1.29, 1.82) is 0 Å². The molecule has 0 spiro atoms. The molecule has 0 atom stereocenters. The predicted molar refractivity (Wildman–Crippen MR) is 113 cm³/mol. The third kappa shape index (κ3) is 5.86. The van der Waals surface area contributed by atoms with Crippen LogP contribution in [-0.4, -0.2) is 13.1 Å². The van der Waals surface area contributed by atoms with Crippen molar-refractivity contribution in [1.82, 2.24) is 0 Å². The fourth-order valence-electron chi connectivity index (χ4n) is 2.78. The minimum atomic E-state index is 0.343. The highest BCUT2D eigenvalue weighted by Gasteiger charge is 2.03. The van der Waals surface area contributed by atoms with Gasteiger partial charge in [-0.15, -0.1) is 0 Å². The van der Waals surface area contributed by atoms with Crippen LogP contribution in [0.1, 0.15) is 16.7 Å². The number of nitrogens with one attached hydrogen (secondary N) is 1. The molecular formula is C23H25N3O2. The van der Waals surface area contributed by atoms with Crippen molar-refractivity contribution in [2.45, 2.75) is 19.8 Å². The fourth-order valence-corrected chi connectivity index (χ4v) is 2.78. The first-order valence-electron chi connectivity index (χ1n) is 9.14. The number of nitrogens with two attached hydrogens (primary N) is 1. The van der Waals surface area contributed by atoms with Gasteiger partial charge in [0.05, 0.1) is 32.6 Å². The van der Waals surface area contributed by atoms with Crippen LogP contribution in [0.5, 0.6) is 5.75 Å². The van der Waals surface area contributed by atoms with Crippen molar-refractivity contribution in [3.05, 3.63) is 95.6 Å². The zero-order valence-corrected chi connectivity index (χ0v) is 16.0. The van der Waals surface area contributed by atoms with Crippen molar-refractivity contribution in [2.75, 3.05) is 12.4 Å². The number of methoxy groups -OCH3 is 1. The van der Waals surface area contributed by atoms with Crippen molar-refractivity contribution < 1.29 is 9.47 Å². The van der Waals surface area contributed by atoms with Crippen LogP contribution in [0.3, 0.4) is 0 Å². The van der Waals surface area contributed by atoms with Crippen LogP contribution in [0.4, 0.5) is 5.69 Å². The van der Waals surface area contributed by atoms with Crippen molar-refractivity contribution in [2.24, 2.45) is 10.7 Å². The van der Waals surface area contributed by atoms with E-state index in [0.29, 0.717) is 25.7 Å². The second kappa shape index (κ2) is 10.1. The van der Waals surface area contributed by atoms with Gasteiger partial charge in [-0.25, -0.2) is 4.99 Å². The minimum absolute atomic E-state index is 0.343. The van der Waals surface area contributed by atoms with Gasteiger partial charge in [0.25, 0.3) is 0 Å². The molecular weight excluding hydrogens is 350 g/mol. The van der Waals surface area contributed by atoms with E-state index in [4.69, 9.17) is 15.2 Å². The van der Waals surface area contributed by atoms with Gasteiger partial charge in [-0.1, -0.05) is 66.7 Å². The van der Waals surface area contributed by atoms with E-state index in [2.05, 4.69) is 34.6 Å². The molecule has 5 nitrogen and oxygen atoms in total. The Labute approximate surface area is 165 Å². The second-order valence-corrected chi connectivity index (χ2v) is 6.33. The maximum absolute atomic E-state index is 6.02. The van der Waals surface area contributed by atoms with Crippen LogP contribution in [0, 0.1) is 0 Å². The van der Waals surface area contributed by atoms with E-state index in [1.165, 1.54) is 5.56 Å². The summed E-state index contributed by atoms with van der Waals surface area (Å²) in [6.45, 7) is 1.64.